The van der Waals surface area contributed by atoms with Gasteiger partial charge in [0, 0.05) is 33.9 Å². The van der Waals surface area contributed by atoms with Crippen LogP contribution in [0, 0.1) is 33.5 Å². The van der Waals surface area contributed by atoms with Crippen LogP contribution in [0.5, 0.6) is 0 Å². The summed E-state index contributed by atoms with van der Waals surface area (Å²) in [4.78, 5) is 30.3. The number of rotatable bonds is 8. The minimum atomic E-state index is -4.59. The molecule has 3 saturated carbocycles. The molecule has 0 aromatic heterocycles. The summed E-state index contributed by atoms with van der Waals surface area (Å²) in [7, 11) is 0. The minimum Gasteiger partial charge on any atom is -0.393 e. The summed E-state index contributed by atoms with van der Waals surface area (Å²) in [5.41, 5.74) is -3.03. The molecular weight excluding hydrogens is 653 g/mol. The third-order valence-electron chi connectivity index (χ3n) is 14.3. The van der Waals surface area contributed by atoms with Crippen molar-refractivity contribution in [1.82, 2.24) is 10.2 Å². The molecule has 2 spiro atoms. The van der Waals surface area contributed by atoms with Crippen LogP contribution >= 0.6 is 0 Å². The quantitative estimate of drug-likeness (QED) is 0.190. The van der Waals surface area contributed by atoms with E-state index in [4.69, 9.17) is 0 Å². The number of ketones is 1. The summed E-state index contributed by atoms with van der Waals surface area (Å²) in [6.07, 6.45) is 6.25. The first-order valence-electron chi connectivity index (χ1n) is 18.7. The second kappa shape index (κ2) is 12.3. The van der Waals surface area contributed by atoms with Crippen molar-refractivity contribution >= 4 is 11.8 Å². The Kier molecular flexibility index (Phi) is 8.69. The maximum atomic E-state index is 14.7. The molecule has 2 amide bonds. The Balaban J connectivity index is 1.27. The fourth-order valence-electron chi connectivity index (χ4n) is 11.5. The maximum Gasteiger partial charge on any atom is 0.416 e. The largest absolute Gasteiger partial charge is 0.416 e. The maximum absolute atomic E-state index is 14.7. The SMILES string of the molecule is CCCN(C[C@]1(O)CC[C@H]2[C@]34C=C[C@@]5(C=C3C(=O)c3cccc(C(F)(F)F)c3)CC(O)CC[C@]5(C)[C@H]4CC[C@@]21C)C(=O)N[C@H](C)c1ccccc1. The Morgan fingerprint density at radius 2 is 1.65 bits per heavy atom. The molecule has 3 N–H and O–H groups in total. The highest BCUT2D eigenvalue weighted by Crippen LogP contribution is 2.78. The molecule has 2 bridgehead atoms. The van der Waals surface area contributed by atoms with Crippen LogP contribution in [0.2, 0.25) is 0 Å². The Labute approximate surface area is 299 Å². The van der Waals surface area contributed by atoms with Crippen molar-refractivity contribution in [2.45, 2.75) is 103 Å². The van der Waals surface area contributed by atoms with Gasteiger partial charge in [-0.1, -0.05) is 81.5 Å². The molecule has 51 heavy (non-hydrogen) atoms. The number of aliphatic hydroxyl groups excluding tert-OH is 1. The van der Waals surface area contributed by atoms with E-state index in [0.717, 1.165) is 24.1 Å². The van der Waals surface area contributed by atoms with Gasteiger partial charge in [-0.3, -0.25) is 4.79 Å². The zero-order chi connectivity index (χ0) is 36.6. The second-order valence-electron chi connectivity index (χ2n) is 16.7. The van der Waals surface area contributed by atoms with E-state index in [2.05, 4.69) is 31.3 Å². The van der Waals surface area contributed by atoms with Crippen molar-refractivity contribution in [2.75, 3.05) is 13.1 Å². The van der Waals surface area contributed by atoms with E-state index >= 15 is 0 Å². The minimum absolute atomic E-state index is 0.000519. The molecule has 8 rings (SSSR count). The number of nitrogens with one attached hydrogen (secondary N) is 1. The molecule has 3 fully saturated rings. The van der Waals surface area contributed by atoms with Gasteiger partial charge in [0.15, 0.2) is 5.78 Å². The average molecular weight is 705 g/mol. The Hall–Kier alpha value is -3.43. The summed E-state index contributed by atoms with van der Waals surface area (Å²) < 4.78 is 41.6. The lowest BCUT2D eigenvalue weighted by Gasteiger charge is -2.71. The molecular formula is C42H51F3N2O4. The number of urea groups is 1. The van der Waals surface area contributed by atoms with Crippen LogP contribution < -0.4 is 5.32 Å². The Morgan fingerprint density at radius 3 is 2.35 bits per heavy atom. The number of benzene rings is 2. The molecule has 2 aromatic rings. The van der Waals surface area contributed by atoms with Crippen LogP contribution in [0.15, 0.2) is 78.4 Å². The number of alkyl halides is 3. The monoisotopic (exact) mass is 704 g/mol. The topological polar surface area (TPSA) is 89.9 Å². The number of hydrogen-bond acceptors (Lipinski definition) is 4. The second-order valence-corrected chi connectivity index (χ2v) is 16.7. The van der Waals surface area contributed by atoms with E-state index in [-0.39, 0.29) is 41.4 Å². The zero-order valence-electron chi connectivity index (χ0n) is 30.1. The van der Waals surface area contributed by atoms with Crippen LogP contribution in [0.25, 0.3) is 0 Å². The van der Waals surface area contributed by atoms with Crippen molar-refractivity contribution in [1.29, 1.82) is 0 Å². The number of amides is 2. The van der Waals surface area contributed by atoms with Gasteiger partial charge in [-0.05, 0) is 93.2 Å². The smallest absolute Gasteiger partial charge is 0.393 e. The van der Waals surface area contributed by atoms with Crippen molar-refractivity contribution in [3.05, 3.63) is 95.1 Å². The molecule has 0 radical (unpaired) electrons. The highest BCUT2D eigenvalue weighted by atomic mass is 19.4. The number of halogens is 3. The molecule has 0 aliphatic heterocycles. The van der Waals surface area contributed by atoms with Crippen molar-refractivity contribution in [3.8, 4) is 0 Å². The highest BCUT2D eigenvalue weighted by molar-refractivity contribution is 6.10. The lowest BCUT2D eigenvalue weighted by Crippen LogP contribution is -2.67. The number of aliphatic hydroxyl groups is 2. The van der Waals surface area contributed by atoms with E-state index in [0.29, 0.717) is 57.1 Å². The number of Topliss-reactive ketones (excluding diaryl/α,β-unsaturated/α-hetero) is 1. The summed E-state index contributed by atoms with van der Waals surface area (Å²) in [6.45, 7) is 8.93. The van der Waals surface area contributed by atoms with Crippen LogP contribution in [0.3, 0.4) is 0 Å². The number of allylic oxidation sites excluding steroid dienone is 4. The van der Waals surface area contributed by atoms with Gasteiger partial charge in [-0.2, -0.15) is 13.2 Å². The summed E-state index contributed by atoms with van der Waals surface area (Å²) in [5, 5.41) is 26.9. The summed E-state index contributed by atoms with van der Waals surface area (Å²) >= 11 is 0. The van der Waals surface area contributed by atoms with Crippen molar-refractivity contribution in [2.24, 2.45) is 33.5 Å². The van der Waals surface area contributed by atoms with Gasteiger partial charge in [0.25, 0.3) is 0 Å². The molecule has 9 atom stereocenters. The third-order valence-corrected chi connectivity index (χ3v) is 14.3. The molecule has 9 heteroatoms. The number of carbonyl (C=O) groups is 2. The predicted molar refractivity (Wildman–Crippen MR) is 190 cm³/mol. The first-order chi connectivity index (χ1) is 24.0. The fraction of sp³-hybridized carbons (Fsp3) is 0.571. The van der Waals surface area contributed by atoms with Crippen molar-refractivity contribution < 1.29 is 33.0 Å². The third kappa shape index (κ3) is 5.34. The van der Waals surface area contributed by atoms with Gasteiger partial charge in [0.1, 0.15) is 0 Å². The number of hydrogen-bond donors (Lipinski definition) is 3. The molecule has 2 aromatic carbocycles. The van der Waals surface area contributed by atoms with Gasteiger partial charge in [0.2, 0.25) is 0 Å². The van der Waals surface area contributed by atoms with E-state index in [1.165, 1.54) is 12.1 Å². The van der Waals surface area contributed by atoms with Crippen LogP contribution in [-0.2, 0) is 6.18 Å². The molecule has 0 saturated heterocycles. The first kappa shape index (κ1) is 36.0. The van der Waals surface area contributed by atoms with Gasteiger partial charge in [0.05, 0.1) is 29.9 Å². The molecule has 6 aliphatic carbocycles. The van der Waals surface area contributed by atoms with E-state index in [1.54, 1.807) is 4.90 Å². The molecule has 0 heterocycles. The zero-order valence-corrected chi connectivity index (χ0v) is 30.1. The van der Waals surface area contributed by atoms with Gasteiger partial charge < -0.3 is 20.4 Å². The standard InChI is InChI=1S/C42H51F3N2O4/c1-5-22-47(36(50)46-27(2)28-10-7-6-8-11-28)26-40(51)19-16-34-38(40,4)18-15-33-37(3)17-14-31(48)24-39(37)20-21-41(33,34)32(25-39)35(49)29-12-9-13-30(23-29)42(43,44)45/h6-13,20-21,23,25,27,31,33-34,48,51H,5,14-19,22,24,26H2,1-4H3,(H,46,50)/t27-,31?,33-,34-,37-,38+,39+,40-,41-/m1/s1. The van der Waals surface area contributed by atoms with Crippen LogP contribution in [0.1, 0.15) is 107 Å². The Bertz CT molecular complexity index is 1760. The normalized spacial score (nSPS) is 37.1. The molecule has 6 aliphatic rings. The highest BCUT2D eigenvalue weighted by Gasteiger charge is 2.74. The number of fused-ring (bicyclic) bond motifs is 1. The van der Waals surface area contributed by atoms with Crippen LogP contribution in [-0.4, -0.2) is 51.7 Å². The summed E-state index contributed by atoms with van der Waals surface area (Å²) in [6, 6.07) is 14.0. The van der Waals surface area contributed by atoms with Crippen molar-refractivity contribution in [3.63, 3.8) is 0 Å². The lowest BCUT2D eigenvalue weighted by molar-refractivity contribution is -0.174. The first-order valence-corrected chi connectivity index (χ1v) is 18.7. The number of nitrogens with zero attached hydrogens (tertiary/aromatic N) is 1. The molecule has 274 valence electrons. The van der Waals surface area contributed by atoms with Gasteiger partial charge >= 0.3 is 12.2 Å². The Morgan fingerprint density at radius 1 is 0.961 bits per heavy atom. The average Bonchev–Trinajstić information content (AvgIpc) is 3.37. The lowest BCUT2D eigenvalue weighted by atomic mass is 9.32. The number of carbonyl (C=O) groups excluding carboxylic acids is 2. The molecule has 1 unspecified atom stereocenters. The van der Waals surface area contributed by atoms with E-state index < -0.39 is 45.5 Å². The summed E-state index contributed by atoms with van der Waals surface area (Å²) in [5.74, 6) is -0.610. The van der Waals surface area contributed by atoms with Crippen LogP contribution in [0.4, 0.5) is 18.0 Å². The predicted octanol–water partition coefficient (Wildman–Crippen LogP) is 8.66. The van der Waals surface area contributed by atoms with Gasteiger partial charge in [-0.25, -0.2) is 4.79 Å². The van der Waals surface area contributed by atoms with E-state index in [1.807, 2.05) is 50.3 Å². The fourth-order valence-corrected chi connectivity index (χ4v) is 11.5. The van der Waals surface area contributed by atoms with E-state index in [9.17, 15) is 33.0 Å². The van der Waals surface area contributed by atoms with Gasteiger partial charge in [-0.15, -0.1) is 0 Å². The molecule has 6 nitrogen and oxygen atoms in total.